The SMILES string of the molecule is O=S(=O)([O-])[O-].[Fe+2].[Li+].[Mn+2]. The molecule has 8 heteroatoms. The molecule has 0 aliphatic heterocycles. The summed E-state index contributed by atoms with van der Waals surface area (Å²) in [5.74, 6) is 0. The fraction of sp³-hybridized carbons (Fsp3) is 0. The van der Waals surface area contributed by atoms with Crippen molar-refractivity contribution < 1.29 is 70.5 Å². The summed E-state index contributed by atoms with van der Waals surface area (Å²) < 4.78 is 34.1. The summed E-state index contributed by atoms with van der Waals surface area (Å²) >= 11 is 0. The minimum absolute atomic E-state index is 0. The van der Waals surface area contributed by atoms with Crippen LogP contribution in [-0.2, 0) is 44.5 Å². The maximum atomic E-state index is 8.52. The van der Waals surface area contributed by atoms with Crippen LogP contribution in [0.4, 0.5) is 0 Å². The maximum absolute atomic E-state index is 8.52. The second kappa shape index (κ2) is 8.51. The van der Waals surface area contributed by atoms with Gasteiger partial charge in [0.2, 0.25) is 0 Å². The Kier molecular flexibility index (Phi) is 24.1. The van der Waals surface area contributed by atoms with Crippen molar-refractivity contribution >= 4 is 10.4 Å². The molecular formula is FeLiMnO4S+3. The van der Waals surface area contributed by atoms with Gasteiger partial charge in [0.05, 0.1) is 0 Å². The minimum atomic E-state index is -5.17. The quantitative estimate of drug-likeness (QED) is 0.232. The smallest absolute Gasteiger partial charge is 0.759 e. The molecule has 0 aromatic heterocycles. The third-order valence-electron chi connectivity index (χ3n) is 0. The molecule has 0 N–H and O–H groups in total. The molecule has 0 rings (SSSR count). The molecule has 0 atom stereocenters. The van der Waals surface area contributed by atoms with Crippen LogP contribution in [0.3, 0.4) is 0 Å². The number of hydrogen-bond acceptors (Lipinski definition) is 4. The van der Waals surface area contributed by atoms with Gasteiger partial charge in [-0.05, 0) is 0 Å². The molecule has 4 nitrogen and oxygen atoms in total. The summed E-state index contributed by atoms with van der Waals surface area (Å²) in [6.07, 6.45) is 0. The standard InChI is InChI=1S/Fe.Li.Mn.H2O4S/c;;;1-5(2,3)4/h;;;(H2,1,2,3,4)/q+2;+1;+2;/p-2. The first-order valence-corrected chi connectivity index (χ1v) is 2.00. The zero-order valence-electron chi connectivity index (χ0n) is 3.77. The molecule has 0 fully saturated rings. The van der Waals surface area contributed by atoms with Crippen LogP contribution in [0, 0.1) is 0 Å². The normalized spacial score (nSPS) is 7.25. The summed E-state index contributed by atoms with van der Waals surface area (Å²) in [5, 5.41) is 0. The monoisotopic (exact) mass is 214 g/mol. The van der Waals surface area contributed by atoms with Gasteiger partial charge in [-0.1, -0.05) is 0 Å². The Hall–Kier alpha value is 1.51. The van der Waals surface area contributed by atoms with E-state index in [9.17, 15) is 0 Å². The zero-order chi connectivity index (χ0) is 4.50. The predicted molar refractivity (Wildman–Crippen MR) is 10.5 cm³/mol. The fourth-order valence-corrected chi connectivity index (χ4v) is 0. The van der Waals surface area contributed by atoms with Crippen LogP contribution in [-0.4, -0.2) is 17.5 Å². The summed E-state index contributed by atoms with van der Waals surface area (Å²) in [5.41, 5.74) is 0. The van der Waals surface area contributed by atoms with E-state index in [1.165, 1.54) is 0 Å². The van der Waals surface area contributed by atoms with Gasteiger partial charge in [0.25, 0.3) is 0 Å². The maximum Gasteiger partial charge on any atom is 2.00 e. The van der Waals surface area contributed by atoms with Gasteiger partial charge in [0.15, 0.2) is 0 Å². The molecule has 43 valence electrons. The van der Waals surface area contributed by atoms with E-state index in [-0.39, 0.29) is 53.0 Å². The van der Waals surface area contributed by atoms with Crippen LogP contribution in [0.15, 0.2) is 0 Å². The Morgan fingerprint density at radius 3 is 1.12 bits per heavy atom. The van der Waals surface area contributed by atoms with Gasteiger partial charge in [-0.2, -0.15) is 0 Å². The van der Waals surface area contributed by atoms with Crippen LogP contribution < -0.4 is 18.9 Å². The number of rotatable bonds is 0. The zero-order valence-corrected chi connectivity index (χ0v) is 6.87. The predicted octanol–water partition coefficient (Wildman–Crippen LogP) is -4.34. The largest absolute Gasteiger partial charge is 2.00 e. The first kappa shape index (κ1) is 22.7. The second-order valence-corrected chi connectivity index (χ2v) is 1.22. The van der Waals surface area contributed by atoms with E-state index in [0.29, 0.717) is 0 Å². The van der Waals surface area contributed by atoms with E-state index in [4.69, 9.17) is 17.5 Å². The van der Waals surface area contributed by atoms with Crippen molar-refractivity contribution in [1.29, 1.82) is 0 Å². The van der Waals surface area contributed by atoms with E-state index in [1.54, 1.807) is 0 Å². The first-order valence-electron chi connectivity index (χ1n) is 0.667. The van der Waals surface area contributed by atoms with Crippen LogP contribution in [0.1, 0.15) is 0 Å². The van der Waals surface area contributed by atoms with E-state index in [1.807, 2.05) is 0 Å². The van der Waals surface area contributed by atoms with Crippen molar-refractivity contribution in [2.24, 2.45) is 0 Å². The molecule has 0 saturated heterocycles. The average Bonchev–Trinajstić information content (AvgIpc) is 0.722. The molecule has 1 radical (unpaired) electrons. The van der Waals surface area contributed by atoms with Gasteiger partial charge >= 0.3 is 53.0 Å². The van der Waals surface area contributed by atoms with Crippen LogP contribution in [0.25, 0.3) is 0 Å². The van der Waals surface area contributed by atoms with Gasteiger partial charge in [-0.15, -0.1) is 0 Å². The summed E-state index contributed by atoms with van der Waals surface area (Å²) in [6.45, 7) is 0. The van der Waals surface area contributed by atoms with Crippen molar-refractivity contribution in [1.82, 2.24) is 0 Å². The average molecular weight is 214 g/mol. The van der Waals surface area contributed by atoms with E-state index >= 15 is 0 Å². The first-order chi connectivity index (χ1) is 2.00. The Morgan fingerprint density at radius 2 is 1.12 bits per heavy atom. The molecule has 0 aliphatic carbocycles. The third-order valence-corrected chi connectivity index (χ3v) is 0. The molecular weight excluding hydrogens is 214 g/mol. The van der Waals surface area contributed by atoms with Crippen molar-refractivity contribution in [2.45, 2.75) is 0 Å². The molecule has 0 saturated carbocycles. The van der Waals surface area contributed by atoms with E-state index in [2.05, 4.69) is 0 Å². The molecule has 0 bridgehead atoms. The topological polar surface area (TPSA) is 80.3 Å². The molecule has 0 aromatic rings. The molecule has 8 heavy (non-hydrogen) atoms. The summed E-state index contributed by atoms with van der Waals surface area (Å²) in [4.78, 5) is 0. The second-order valence-electron chi connectivity index (χ2n) is 0.408. The van der Waals surface area contributed by atoms with Gasteiger partial charge in [0.1, 0.15) is 0 Å². The van der Waals surface area contributed by atoms with Crippen molar-refractivity contribution in [2.75, 3.05) is 0 Å². The molecule has 0 unspecified atom stereocenters. The van der Waals surface area contributed by atoms with Gasteiger partial charge in [0, 0.05) is 10.4 Å². The van der Waals surface area contributed by atoms with Gasteiger partial charge in [-0.25, -0.2) is 0 Å². The Bertz CT molecular complexity index is 99.2. The summed E-state index contributed by atoms with van der Waals surface area (Å²) in [6, 6.07) is 0. The number of hydrogen-bond donors (Lipinski definition) is 0. The van der Waals surface area contributed by atoms with Gasteiger partial charge < -0.3 is 9.11 Å². The van der Waals surface area contributed by atoms with Crippen LogP contribution in [0.2, 0.25) is 0 Å². The molecule has 0 spiro atoms. The van der Waals surface area contributed by atoms with E-state index in [0.717, 1.165) is 0 Å². The van der Waals surface area contributed by atoms with Gasteiger partial charge in [-0.3, -0.25) is 8.42 Å². The van der Waals surface area contributed by atoms with Crippen molar-refractivity contribution in [3.05, 3.63) is 0 Å². The Labute approximate surface area is 80.5 Å². The Balaban J connectivity index is -0.0000000267. The third kappa shape index (κ3) is 140. The fourth-order valence-electron chi connectivity index (χ4n) is 0. The molecule has 0 aromatic carbocycles. The minimum Gasteiger partial charge on any atom is -0.759 e. The van der Waals surface area contributed by atoms with Crippen molar-refractivity contribution in [3.63, 3.8) is 0 Å². The molecule has 0 aliphatic rings. The van der Waals surface area contributed by atoms with Crippen molar-refractivity contribution in [3.8, 4) is 0 Å². The van der Waals surface area contributed by atoms with E-state index < -0.39 is 10.4 Å². The Morgan fingerprint density at radius 1 is 1.12 bits per heavy atom. The van der Waals surface area contributed by atoms with Crippen LogP contribution >= 0.6 is 0 Å². The summed E-state index contributed by atoms with van der Waals surface area (Å²) in [7, 11) is -5.17. The van der Waals surface area contributed by atoms with Crippen LogP contribution in [0.5, 0.6) is 0 Å². The molecule has 0 heterocycles. The molecule has 0 amide bonds.